The number of hydrogen-bond acceptors (Lipinski definition) is 5. The summed E-state index contributed by atoms with van der Waals surface area (Å²) in [7, 11) is 2.87. The summed E-state index contributed by atoms with van der Waals surface area (Å²) < 4.78 is 37.9. The Labute approximate surface area is 101 Å². The van der Waals surface area contributed by atoms with Gasteiger partial charge in [0.05, 0.1) is 10.5 Å². The molecule has 0 saturated heterocycles. The van der Waals surface area contributed by atoms with Crippen molar-refractivity contribution >= 4 is 0 Å². The minimum absolute atomic E-state index is 0.402. The summed E-state index contributed by atoms with van der Waals surface area (Å²) in [6.45, 7) is 0. The van der Waals surface area contributed by atoms with Gasteiger partial charge in [-0.15, -0.1) is 0 Å². The summed E-state index contributed by atoms with van der Waals surface area (Å²) in [4.78, 5) is 11.2. The zero-order valence-corrected chi connectivity index (χ0v) is 9.78. The first-order chi connectivity index (χ1) is 8.00. The predicted molar refractivity (Wildman–Crippen MR) is 57.6 cm³/mol. The van der Waals surface area contributed by atoms with Crippen molar-refractivity contribution in [3.63, 3.8) is 0 Å². The normalized spacial score (nSPS) is 25.4. The number of hydrogen-bond donors (Lipinski definition) is 2. The van der Waals surface area contributed by atoms with Crippen molar-refractivity contribution in [1.82, 2.24) is 4.90 Å². The van der Waals surface area contributed by atoms with Crippen LogP contribution in [0, 0.1) is 10.1 Å². The molecule has 0 fully saturated rings. The van der Waals surface area contributed by atoms with Crippen LogP contribution in [0.25, 0.3) is 0 Å². The molecule has 0 saturated carbocycles. The Kier molecular flexibility index (Phi) is 3.41. The van der Waals surface area contributed by atoms with E-state index in [9.17, 15) is 23.3 Å². The molecule has 0 aromatic carbocycles. The SMILES string of the molecule is CN(C)C1(N)CC(N)=C(C(F)(F)F)C=C1[N+](=O)[O-]. The zero-order valence-electron chi connectivity index (χ0n) is 9.78. The van der Waals surface area contributed by atoms with E-state index in [-0.39, 0.29) is 0 Å². The number of nitro groups is 1. The molecule has 0 aromatic rings. The summed E-state index contributed by atoms with van der Waals surface area (Å²) in [6, 6.07) is 0. The molecule has 0 amide bonds. The van der Waals surface area contributed by atoms with Gasteiger partial charge in [0, 0.05) is 18.2 Å². The number of halogens is 3. The molecule has 6 nitrogen and oxygen atoms in total. The molecule has 18 heavy (non-hydrogen) atoms. The fourth-order valence-electron chi connectivity index (χ4n) is 1.69. The summed E-state index contributed by atoms with van der Waals surface area (Å²) in [5, 5.41) is 10.9. The minimum atomic E-state index is -4.74. The van der Waals surface area contributed by atoms with Gasteiger partial charge in [0.15, 0.2) is 5.66 Å². The van der Waals surface area contributed by atoms with Crippen molar-refractivity contribution in [2.45, 2.75) is 18.3 Å². The maximum atomic E-state index is 12.6. The topological polar surface area (TPSA) is 98.4 Å². The van der Waals surface area contributed by atoms with Crippen molar-refractivity contribution in [3.8, 4) is 0 Å². The van der Waals surface area contributed by atoms with E-state index in [1.807, 2.05) is 0 Å². The van der Waals surface area contributed by atoms with Crippen molar-refractivity contribution in [2.24, 2.45) is 11.5 Å². The highest BCUT2D eigenvalue weighted by molar-refractivity contribution is 5.39. The molecular formula is C9H13F3N4O2. The first-order valence-electron chi connectivity index (χ1n) is 4.89. The molecule has 0 spiro atoms. The molecule has 0 aliphatic heterocycles. The van der Waals surface area contributed by atoms with Crippen molar-refractivity contribution in [1.29, 1.82) is 0 Å². The molecule has 1 rings (SSSR count). The lowest BCUT2D eigenvalue weighted by Crippen LogP contribution is -2.57. The molecule has 0 aromatic heterocycles. The molecular weight excluding hydrogens is 253 g/mol. The van der Waals surface area contributed by atoms with Crippen molar-refractivity contribution in [2.75, 3.05) is 14.1 Å². The lowest BCUT2D eigenvalue weighted by Gasteiger charge is -2.36. The van der Waals surface area contributed by atoms with Gasteiger partial charge in [0.1, 0.15) is 0 Å². The Morgan fingerprint density at radius 2 is 2.00 bits per heavy atom. The Balaban J connectivity index is 3.39. The largest absolute Gasteiger partial charge is 0.418 e. The van der Waals surface area contributed by atoms with Gasteiger partial charge in [-0.05, 0) is 14.1 Å². The van der Waals surface area contributed by atoms with Gasteiger partial charge in [-0.3, -0.25) is 15.0 Å². The van der Waals surface area contributed by atoms with E-state index in [4.69, 9.17) is 11.5 Å². The van der Waals surface area contributed by atoms with Crippen LogP contribution in [0.2, 0.25) is 0 Å². The van der Waals surface area contributed by atoms with E-state index in [1.54, 1.807) is 0 Å². The van der Waals surface area contributed by atoms with Crippen molar-refractivity contribution in [3.05, 3.63) is 33.2 Å². The van der Waals surface area contributed by atoms with Gasteiger partial charge in [0.2, 0.25) is 0 Å². The van der Waals surface area contributed by atoms with E-state index in [2.05, 4.69) is 0 Å². The van der Waals surface area contributed by atoms with Crippen LogP contribution in [0.3, 0.4) is 0 Å². The number of nitrogens with two attached hydrogens (primary N) is 2. The van der Waals surface area contributed by atoms with E-state index in [0.29, 0.717) is 6.08 Å². The van der Waals surface area contributed by atoms with Crippen molar-refractivity contribution < 1.29 is 18.1 Å². The van der Waals surface area contributed by atoms with Gasteiger partial charge < -0.3 is 11.5 Å². The third-order valence-corrected chi connectivity index (χ3v) is 2.83. The quantitative estimate of drug-likeness (QED) is 0.432. The van der Waals surface area contributed by atoms with Crippen LogP contribution in [0.4, 0.5) is 13.2 Å². The van der Waals surface area contributed by atoms with Gasteiger partial charge in [0.25, 0.3) is 5.70 Å². The molecule has 9 heteroatoms. The second-order valence-corrected chi connectivity index (χ2v) is 4.22. The first kappa shape index (κ1) is 14.5. The Hall–Kier alpha value is -1.61. The smallest absolute Gasteiger partial charge is 0.401 e. The van der Waals surface area contributed by atoms with Gasteiger partial charge in [-0.25, -0.2) is 0 Å². The van der Waals surface area contributed by atoms with E-state index < -0.39 is 40.2 Å². The molecule has 102 valence electrons. The molecule has 1 aliphatic rings. The Bertz CT molecular complexity index is 442. The second-order valence-electron chi connectivity index (χ2n) is 4.22. The molecule has 4 N–H and O–H groups in total. The van der Waals surface area contributed by atoms with E-state index in [0.717, 1.165) is 0 Å². The fourth-order valence-corrected chi connectivity index (χ4v) is 1.69. The molecule has 0 radical (unpaired) electrons. The summed E-state index contributed by atoms with van der Waals surface area (Å²) in [6.07, 6.45) is -4.79. The van der Waals surface area contributed by atoms with Gasteiger partial charge >= 0.3 is 6.18 Å². The Morgan fingerprint density at radius 3 is 2.33 bits per heavy atom. The highest BCUT2D eigenvalue weighted by atomic mass is 19.4. The standard InChI is InChI=1S/C9H13F3N4O2/c1-15(2)8(14)4-6(13)5(9(10,11)12)3-7(8)16(17)18/h3H,4,13-14H2,1-2H3. The highest BCUT2D eigenvalue weighted by Crippen LogP contribution is 2.38. The predicted octanol–water partition coefficient (Wildman–Crippen LogP) is 0.542. The van der Waals surface area contributed by atoms with Crippen LogP contribution in [0.5, 0.6) is 0 Å². The second kappa shape index (κ2) is 4.25. The fraction of sp³-hybridized carbons (Fsp3) is 0.556. The number of alkyl halides is 3. The third kappa shape index (κ3) is 2.31. The summed E-state index contributed by atoms with van der Waals surface area (Å²) in [5.74, 6) is 0. The average Bonchev–Trinajstić information content (AvgIpc) is 2.14. The van der Waals surface area contributed by atoms with Crippen LogP contribution in [-0.4, -0.2) is 35.8 Å². The van der Waals surface area contributed by atoms with Crippen LogP contribution in [-0.2, 0) is 0 Å². The zero-order chi connectivity index (χ0) is 14.3. The van der Waals surface area contributed by atoms with E-state index in [1.165, 1.54) is 19.0 Å². The molecule has 0 heterocycles. The van der Waals surface area contributed by atoms with Crippen LogP contribution < -0.4 is 11.5 Å². The molecule has 0 bridgehead atoms. The van der Waals surface area contributed by atoms with Crippen LogP contribution in [0.1, 0.15) is 6.42 Å². The minimum Gasteiger partial charge on any atom is -0.401 e. The first-order valence-corrected chi connectivity index (χ1v) is 4.89. The highest BCUT2D eigenvalue weighted by Gasteiger charge is 2.49. The average molecular weight is 266 g/mol. The lowest BCUT2D eigenvalue weighted by atomic mass is 9.90. The third-order valence-electron chi connectivity index (χ3n) is 2.83. The summed E-state index contributed by atoms with van der Waals surface area (Å²) in [5.41, 5.74) is 7.00. The van der Waals surface area contributed by atoms with Gasteiger partial charge in [-0.2, -0.15) is 13.2 Å². The lowest BCUT2D eigenvalue weighted by molar-refractivity contribution is -0.440. The maximum absolute atomic E-state index is 12.6. The monoisotopic (exact) mass is 266 g/mol. The Morgan fingerprint density at radius 1 is 1.50 bits per heavy atom. The van der Waals surface area contributed by atoms with Gasteiger partial charge in [-0.1, -0.05) is 0 Å². The number of likely N-dealkylation sites (N-methyl/N-ethyl adjacent to an activating group) is 1. The van der Waals surface area contributed by atoms with Crippen LogP contribution in [0.15, 0.2) is 23.0 Å². The number of nitrogens with zero attached hydrogens (tertiary/aromatic N) is 2. The molecule has 1 unspecified atom stereocenters. The van der Waals surface area contributed by atoms with E-state index >= 15 is 0 Å². The summed E-state index contributed by atoms with van der Waals surface area (Å²) >= 11 is 0. The molecule has 1 aliphatic carbocycles. The number of allylic oxidation sites excluding steroid dienone is 2. The van der Waals surface area contributed by atoms with Crippen LogP contribution >= 0.6 is 0 Å². The number of rotatable bonds is 2. The maximum Gasteiger partial charge on any atom is 0.418 e. The molecule has 1 atom stereocenters.